The molecular weight excluding hydrogens is 366 g/mol. The number of amides is 2. The van der Waals surface area contributed by atoms with Crippen LogP contribution < -0.4 is 5.32 Å². The third-order valence-electron chi connectivity index (χ3n) is 6.04. The summed E-state index contributed by atoms with van der Waals surface area (Å²) < 4.78 is 5.25. The van der Waals surface area contributed by atoms with Crippen molar-refractivity contribution in [2.24, 2.45) is 0 Å². The van der Waals surface area contributed by atoms with E-state index >= 15 is 0 Å². The molecule has 0 unspecified atom stereocenters. The Morgan fingerprint density at radius 2 is 1.72 bits per heavy atom. The Morgan fingerprint density at radius 1 is 1.03 bits per heavy atom. The zero-order valence-electron chi connectivity index (χ0n) is 17.0. The first kappa shape index (κ1) is 19.7. The standard InChI is InChI=1S/C23H29N3O3/c1-17-8-10-18(11-9-17)21(22(27)24-19-5-2-3-6-19)25-12-14-26(15-13-25)23(28)20-7-4-16-29-20/h4,7-11,16,19,21H,2-3,5-6,12-15H2,1H3,(H,24,27)/t21-/m0/s1. The number of nitrogens with one attached hydrogen (secondary N) is 1. The lowest BCUT2D eigenvalue weighted by atomic mass is 10.0. The third-order valence-corrected chi connectivity index (χ3v) is 6.04. The van der Waals surface area contributed by atoms with Crippen molar-refractivity contribution in [3.63, 3.8) is 0 Å². The van der Waals surface area contributed by atoms with Crippen molar-refractivity contribution < 1.29 is 14.0 Å². The van der Waals surface area contributed by atoms with Gasteiger partial charge in [0.2, 0.25) is 5.91 Å². The second kappa shape index (κ2) is 8.82. The predicted molar refractivity (Wildman–Crippen MR) is 111 cm³/mol. The molecule has 2 aliphatic rings. The number of rotatable bonds is 5. The van der Waals surface area contributed by atoms with Gasteiger partial charge in [-0.05, 0) is 37.5 Å². The van der Waals surface area contributed by atoms with E-state index in [1.807, 2.05) is 0 Å². The lowest BCUT2D eigenvalue weighted by Gasteiger charge is -2.39. The second-order valence-corrected chi connectivity index (χ2v) is 8.11. The van der Waals surface area contributed by atoms with E-state index in [1.54, 1.807) is 17.0 Å². The summed E-state index contributed by atoms with van der Waals surface area (Å²) in [6, 6.07) is 11.6. The summed E-state index contributed by atoms with van der Waals surface area (Å²) in [5.74, 6) is 0.357. The molecule has 1 N–H and O–H groups in total. The molecule has 1 atom stereocenters. The number of aryl methyl sites for hydroxylation is 1. The van der Waals surface area contributed by atoms with E-state index in [1.165, 1.54) is 24.7 Å². The highest BCUT2D eigenvalue weighted by Gasteiger charge is 2.33. The van der Waals surface area contributed by atoms with E-state index in [9.17, 15) is 9.59 Å². The Labute approximate surface area is 171 Å². The summed E-state index contributed by atoms with van der Waals surface area (Å²) >= 11 is 0. The molecule has 1 saturated heterocycles. The maximum absolute atomic E-state index is 13.2. The second-order valence-electron chi connectivity index (χ2n) is 8.11. The minimum Gasteiger partial charge on any atom is -0.459 e. The van der Waals surface area contributed by atoms with Crippen LogP contribution in [0.4, 0.5) is 0 Å². The maximum Gasteiger partial charge on any atom is 0.289 e. The first-order valence-electron chi connectivity index (χ1n) is 10.6. The van der Waals surface area contributed by atoms with E-state index < -0.39 is 0 Å². The van der Waals surface area contributed by atoms with Crippen molar-refractivity contribution in [1.29, 1.82) is 0 Å². The molecule has 6 heteroatoms. The molecule has 4 rings (SSSR count). The van der Waals surface area contributed by atoms with Crippen LogP contribution in [-0.4, -0.2) is 53.8 Å². The number of furan rings is 1. The van der Waals surface area contributed by atoms with Crippen LogP contribution in [0.15, 0.2) is 47.1 Å². The van der Waals surface area contributed by atoms with Gasteiger partial charge in [-0.15, -0.1) is 0 Å². The fraction of sp³-hybridized carbons (Fsp3) is 0.478. The fourth-order valence-electron chi connectivity index (χ4n) is 4.37. The highest BCUT2D eigenvalue weighted by atomic mass is 16.3. The summed E-state index contributed by atoms with van der Waals surface area (Å²) in [5.41, 5.74) is 2.19. The molecule has 6 nitrogen and oxygen atoms in total. The average molecular weight is 396 g/mol. The lowest BCUT2D eigenvalue weighted by Crippen LogP contribution is -2.53. The molecule has 0 spiro atoms. The minimum atomic E-state index is -0.322. The molecule has 154 valence electrons. The van der Waals surface area contributed by atoms with Gasteiger partial charge < -0.3 is 14.6 Å². The molecule has 2 amide bonds. The van der Waals surface area contributed by atoms with Gasteiger partial charge in [0, 0.05) is 32.2 Å². The van der Waals surface area contributed by atoms with Crippen molar-refractivity contribution in [2.45, 2.75) is 44.7 Å². The Bertz CT molecular complexity index is 818. The Hall–Kier alpha value is -2.60. The van der Waals surface area contributed by atoms with Crippen LogP contribution in [0.1, 0.15) is 53.4 Å². The summed E-state index contributed by atoms with van der Waals surface area (Å²) in [6.45, 7) is 4.53. The largest absolute Gasteiger partial charge is 0.459 e. The van der Waals surface area contributed by atoms with Gasteiger partial charge in [-0.2, -0.15) is 0 Å². The Morgan fingerprint density at radius 3 is 2.34 bits per heavy atom. The highest BCUT2D eigenvalue weighted by Crippen LogP contribution is 2.26. The predicted octanol–water partition coefficient (Wildman–Crippen LogP) is 3.15. The smallest absolute Gasteiger partial charge is 0.289 e. The van der Waals surface area contributed by atoms with Gasteiger partial charge in [0.1, 0.15) is 6.04 Å². The van der Waals surface area contributed by atoms with E-state index in [0.29, 0.717) is 31.9 Å². The molecule has 1 saturated carbocycles. The number of carbonyl (C=O) groups excluding carboxylic acids is 2. The molecule has 2 aromatic rings. The van der Waals surface area contributed by atoms with E-state index in [0.717, 1.165) is 18.4 Å². The number of hydrogen-bond donors (Lipinski definition) is 1. The van der Waals surface area contributed by atoms with Crippen molar-refractivity contribution >= 4 is 11.8 Å². The van der Waals surface area contributed by atoms with E-state index in [-0.39, 0.29) is 23.9 Å². The molecule has 1 aromatic heterocycles. The number of piperazine rings is 1. The highest BCUT2D eigenvalue weighted by molar-refractivity contribution is 5.91. The van der Waals surface area contributed by atoms with Gasteiger partial charge in [0.25, 0.3) is 5.91 Å². The van der Waals surface area contributed by atoms with Gasteiger partial charge in [0.15, 0.2) is 5.76 Å². The van der Waals surface area contributed by atoms with Crippen LogP contribution >= 0.6 is 0 Å². The molecule has 29 heavy (non-hydrogen) atoms. The van der Waals surface area contributed by atoms with Crippen LogP contribution in [0.5, 0.6) is 0 Å². The molecule has 0 bridgehead atoms. The maximum atomic E-state index is 13.2. The summed E-state index contributed by atoms with van der Waals surface area (Å²) in [6.07, 6.45) is 6.03. The van der Waals surface area contributed by atoms with E-state index in [4.69, 9.17) is 4.42 Å². The number of carbonyl (C=O) groups is 2. The fourth-order valence-corrected chi connectivity index (χ4v) is 4.37. The van der Waals surface area contributed by atoms with Crippen LogP contribution in [0, 0.1) is 6.92 Å². The summed E-state index contributed by atoms with van der Waals surface area (Å²) in [5, 5.41) is 3.27. The van der Waals surface area contributed by atoms with Gasteiger partial charge in [-0.25, -0.2) is 0 Å². The first-order valence-corrected chi connectivity index (χ1v) is 10.6. The van der Waals surface area contributed by atoms with Gasteiger partial charge in [0.05, 0.1) is 6.26 Å². The van der Waals surface area contributed by atoms with Crippen molar-refractivity contribution in [3.8, 4) is 0 Å². The van der Waals surface area contributed by atoms with Gasteiger partial charge in [-0.3, -0.25) is 14.5 Å². The molecule has 0 radical (unpaired) electrons. The van der Waals surface area contributed by atoms with Crippen molar-refractivity contribution in [3.05, 3.63) is 59.5 Å². The molecule has 2 fully saturated rings. The summed E-state index contributed by atoms with van der Waals surface area (Å²) in [7, 11) is 0. The lowest BCUT2D eigenvalue weighted by molar-refractivity contribution is -0.128. The monoisotopic (exact) mass is 395 g/mol. The van der Waals surface area contributed by atoms with Crippen LogP contribution in [0.2, 0.25) is 0 Å². The quantitative estimate of drug-likeness (QED) is 0.845. The SMILES string of the molecule is Cc1ccc([C@@H](C(=O)NC2CCCC2)N2CCN(C(=O)c3ccco3)CC2)cc1. The Balaban J connectivity index is 1.47. The summed E-state index contributed by atoms with van der Waals surface area (Å²) in [4.78, 5) is 29.8. The Kier molecular flexibility index (Phi) is 6.00. The van der Waals surface area contributed by atoms with Crippen LogP contribution in [0.25, 0.3) is 0 Å². The zero-order chi connectivity index (χ0) is 20.2. The van der Waals surface area contributed by atoms with Crippen molar-refractivity contribution in [1.82, 2.24) is 15.1 Å². The van der Waals surface area contributed by atoms with Crippen molar-refractivity contribution in [2.75, 3.05) is 26.2 Å². The normalized spacial score (nSPS) is 19.3. The molecule has 2 heterocycles. The van der Waals surface area contributed by atoms with E-state index in [2.05, 4.69) is 41.4 Å². The number of nitrogens with zero attached hydrogens (tertiary/aromatic N) is 2. The average Bonchev–Trinajstić information content (AvgIpc) is 3.44. The van der Waals surface area contributed by atoms with Crippen LogP contribution in [-0.2, 0) is 4.79 Å². The molecular formula is C23H29N3O3. The molecule has 1 aliphatic carbocycles. The van der Waals surface area contributed by atoms with Gasteiger partial charge in [-0.1, -0.05) is 42.7 Å². The molecule has 1 aromatic carbocycles. The minimum absolute atomic E-state index is 0.0755. The van der Waals surface area contributed by atoms with Gasteiger partial charge >= 0.3 is 0 Å². The zero-order valence-corrected chi connectivity index (χ0v) is 17.0. The first-order chi connectivity index (χ1) is 14.1. The topological polar surface area (TPSA) is 65.8 Å². The van der Waals surface area contributed by atoms with Crippen LogP contribution in [0.3, 0.4) is 0 Å². The third kappa shape index (κ3) is 4.53. The number of hydrogen-bond acceptors (Lipinski definition) is 4. The number of benzene rings is 1. The molecule has 1 aliphatic heterocycles.